The predicted molar refractivity (Wildman–Crippen MR) is 102 cm³/mol. The van der Waals surface area contributed by atoms with Gasteiger partial charge in [-0.15, -0.1) is 5.10 Å². The topological polar surface area (TPSA) is 106 Å². The second-order valence-corrected chi connectivity index (χ2v) is 6.50. The maximum absolute atomic E-state index is 13.0. The van der Waals surface area contributed by atoms with Crippen LogP contribution < -0.4 is 16.4 Å². The number of aromatic nitrogens is 2. The second kappa shape index (κ2) is 8.61. The zero-order chi connectivity index (χ0) is 20.1. The van der Waals surface area contributed by atoms with Crippen molar-refractivity contribution in [3.63, 3.8) is 0 Å². The predicted octanol–water partition coefficient (Wildman–Crippen LogP) is 2.16. The second-order valence-electron chi connectivity index (χ2n) is 5.64. The van der Waals surface area contributed by atoms with E-state index in [1.165, 1.54) is 24.3 Å². The molecule has 0 atom stereocenters. The molecule has 1 heterocycles. The molecule has 0 spiro atoms. The van der Waals surface area contributed by atoms with Crippen LogP contribution >= 0.6 is 15.9 Å². The van der Waals surface area contributed by atoms with Crippen LogP contribution in [0.25, 0.3) is 11.5 Å². The van der Waals surface area contributed by atoms with Gasteiger partial charge in [0.1, 0.15) is 12.4 Å². The molecule has 28 heavy (non-hydrogen) atoms. The van der Waals surface area contributed by atoms with Crippen molar-refractivity contribution in [1.29, 1.82) is 0 Å². The lowest BCUT2D eigenvalue weighted by molar-refractivity contribution is -0.124. The summed E-state index contributed by atoms with van der Waals surface area (Å²) in [4.78, 5) is 35.7. The van der Waals surface area contributed by atoms with Gasteiger partial charge < -0.3 is 15.1 Å². The molecule has 0 unspecified atom stereocenters. The number of nitrogens with one attached hydrogen (secondary N) is 2. The molecule has 0 aliphatic rings. The summed E-state index contributed by atoms with van der Waals surface area (Å²) in [6.45, 7) is -0.705. The molecule has 8 nitrogen and oxygen atoms in total. The lowest BCUT2D eigenvalue weighted by atomic mass is 10.2. The normalized spacial score (nSPS) is 10.5. The maximum atomic E-state index is 13.0. The zero-order valence-electron chi connectivity index (χ0n) is 14.3. The highest BCUT2D eigenvalue weighted by Crippen LogP contribution is 2.20. The van der Waals surface area contributed by atoms with Crippen molar-refractivity contribution in [2.45, 2.75) is 6.54 Å². The molecule has 3 rings (SSSR count). The van der Waals surface area contributed by atoms with Gasteiger partial charge in [-0.25, -0.2) is 9.18 Å². The van der Waals surface area contributed by atoms with E-state index in [0.717, 1.165) is 4.68 Å². The lowest BCUT2D eigenvalue weighted by Gasteiger charge is -2.08. The number of rotatable bonds is 6. The van der Waals surface area contributed by atoms with Crippen LogP contribution in [0.4, 0.5) is 10.1 Å². The van der Waals surface area contributed by atoms with Crippen molar-refractivity contribution < 1.29 is 18.4 Å². The van der Waals surface area contributed by atoms with Gasteiger partial charge in [0.25, 0.3) is 0 Å². The summed E-state index contributed by atoms with van der Waals surface area (Å²) in [7, 11) is 0. The molecule has 144 valence electrons. The van der Waals surface area contributed by atoms with E-state index in [-0.39, 0.29) is 12.4 Å². The quantitative estimate of drug-likeness (QED) is 0.600. The summed E-state index contributed by atoms with van der Waals surface area (Å²) in [6, 6.07) is 12.2. The van der Waals surface area contributed by atoms with Gasteiger partial charge in [0.15, 0.2) is 0 Å². The number of carbonyl (C=O) groups is 2. The number of anilines is 1. The highest BCUT2D eigenvalue weighted by molar-refractivity contribution is 9.10. The van der Waals surface area contributed by atoms with Gasteiger partial charge in [-0.1, -0.05) is 12.1 Å². The van der Waals surface area contributed by atoms with E-state index in [1.54, 1.807) is 24.3 Å². The van der Waals surface area contributed by atoms with Gasteiger partial charge in [0.05, 0.1) is 12.2 Å². The molecule has 3 aromatic rings. The van der Waals surface area contributed by atoms with E-state index in [2.05, 4.69) is 31.7 Å². The molecule has 0 aliphatic carbocycles. The first kappa shape index (κ1) is 19.5. The minimum Gasteiger partial charge on any atom is -0.388 e. The van der Waals surface area contributed by atoms with Crippen molar-refractivity contribution in [3.8, 4) is 11.5 Å². The van der Waals surface area contributed by atoms with E-state index in [4.69, 9.17) is 4.42 Å². The molecular formula is C18H14BrFN4O4. The van der Waals surface area contributed by atoms with Crippen LogP contribution in [0, 0.1) is 5.82 Å². The Morgan fingerprint density at radius 2 is 1.82 bits per heavy atom. The molecule has 2 amide bonds. The Balaban J connectivity index is 1.56. The number of benzene rings is 2. The number of hydrogen-bond acceptors (Lipinski definition) is 5. The molecule has 2 aromatic carbocycles. The highest BCUT2D eigenvalue weighted by Gasteiger charge is 2.14. The van der Waals surface area contributed by atoms with Crippen molar-refractivity contribution >= 4 is 33.4 Å². The molecule has 0 bridgehead atoms. The summed E-state index contributed by atoms with van der Waals surface area (Å²) in [5.74, 6) is -2.34. The van der Waals surface area contributed by atoms with Gasteiger partial charge in [-0.05, 0) is 52.3 Å². The van der Waals surface area contributed by atoms with Crippen molar-refractivity contribution in [3.05, 3.63) is 69.4 Å². The Hall–Kier alpha value is -3.27. The monoisotopic (exact) mass is 448 g/mol. The van der Waals surface area contributed by atoms with Gasteiger partial charge in [0, 0.05) is 10.0 Å². The number of halogens is 2. The third-order valence-corrected chi connectivity index (χ3v) is 4.28. The molecule has 0 aliphatic heterocycles. The zero-order valence-corrected chi connectivity index (χ0v) is 15.9. The first-order valence-electron chi connectivity index (χ1n) is 8.07. The van der Waals surface area contributed by atoms with E-state index in [9.17, 15) is 18.8 Å². The fourth-order valence-electron chi connectivity index (χ4n) is 2.24. The fourth-order valence-corrected chi connectivity index (χ4v) is 2.63. The van der Waals surface area contributed by atoms with Crippen LogP contribution in [0.1, 0.15) is 0 Å². The van der Waals surface area contributed by atoms with Crippen molar-refractivity contribution in [1.82, 2.24) is 15.1 Å². The SMILES string of the molecule is O=C(Cn1nc(-c2ccc(F)cc2)oc1=O)NCC(=O)Nc1ccccc1Br. The molecule has 0 fully saturated rings. The number of hydrogen-bond donors (Lipinski definition) is 2. The van der Waals surface area contributed by atoms with Crippen LogP contribution in [-0.4, -0.2) is 28.1 Å². The summed E-state index contributed by atoms with van der Waals surface area (Å²) in [5.41, 5.74) is 0.962. The average molecular weight is 449 g/mol. The third-order valence-electron chi connectivity index (χ3n) is 3.58. The largest absolute Gasteiger partial charge is 0.437 e. The van der Waals surface area contributed by atoms with Crippen LogP contribution in [-0.2, 0) is 16.1 Å². The molecule has 0 saturated carbocycles. The van der Waals surface area contributed by atoms with E-state index in [1.807, 2.05) is 0 Å². The Bertz CT molecular complexity index is 1060. The first-order chi connectivity index (χ1) is 13.4. The average Bonchev–Trinajstić information content (AvgIpc) is 3.03. The Kier molecular flexibility index (Phi) is 5.99. The van der Waals surface area contributed by atoms with Gasteiger partial charge in [0.2, 0.25) is 17.7 Å². The van der Waals surface area contributed by atoms with Gasteiger partial charge >= 0.3 is 5.76 Å². The third kappa shape index (κ3) is 4.92. The van der Waals surface area contributed by atoms with Crippen molar-refractivity contribution in [2.24, 2.45) is 0 Å². The Labute approximate surface area is 166 Å². The summed E-state index contributed by atoms with van der Waals surface area (Å²) in [5, 5.41) is 8.94. The van der Waals surface area contributed by atoms with E-state index in [0.29, 0.717) is 15.7 Å². The molecule has 0 saturated heterocycles. The first-order valence-corrected chi connectivity index (χ1v) is 8.86. The summed E-state index contributed by atoms with van der Waals surface area (Å²) in [6.07, 6.45) is 0. The summed E-state index contributed by atoms with van der Waals surface area (Å²) >= 11 is 3.30. The molecular weight excluding hydrogens is 435 g/mol. The van der Waals surface area contributed by atoms with Crippen LogP contribution in [0.15, 0.2) is 62.2 Å². The minimum atomic E-state index is -0.841. The Morgan fingerprint density at radius 1 is 1.11 bits per heavy atom. The Morgan fingerprint density at radius 3 is 2.54 bits per heavy atom. The van der Waals surface area contributed by atoms with Gasteiger partial charge in [-0.3, -0.25) is 9.59 Å². The van der Waals surface area contributed by atoms with Crippen LogP contribution in [0.3, 0.4) is 0 Å². The van der Waals surface area contributed by atoms with Gasteiger partial charge in [-0.2, -0.15) is 4.68 Å². The highest BCUT2D eigenvalue weighted by atomic mass is 79.9. The molecule has 1 aromatic heterocycles. The molecule has 2 N–H and O–H groups in total. The number of para-hydroxylation sites is 1. The fraction of sp³-hybridized carbons (Fsp3) is 0.111. The maximum Gasteiger partial charge on any atom is 0.437 e. The molecule has 0 radical (unpaired) electrons. The molecule has 10 heteroatoms. The standard InChI is InChI=1S/C18H14BrFN4O4/c19-13-3-1-2-4-14(13)22-15(25)9-21-16(26)10-24-18(27)28-17(23-24)11-5-7-12(20)8-6-11/h1-8H,9-10H2,(H,21,26)(H,22,25). The minimum absolute atomic E-state index is 0.0375. The smallest absolute Gasteiger partial charge is 0.388 e. The summed E-state index contributed by atoms with van der Waals surface area (Å²) < 4.78 is 19.5. The van der Waals surface area contributed by atoms with Crippen LogP contribution in [0.2, 0.25) is 0 Å². The number of carbonyl (C=O) groups excluding carboxylic acids is 2. The number of nitrogens with zero attached hydrogens (tertiary/aromatic N) is 2. The van der Waals surface area contributed by atoms with Crippen molar-refractivity contribution in [2.75, 3.05) is 11.9 Å². The number of amides is 2. The lowest BCUT2D eigenvalue weighted by Crippen LogP contribution is -2.36. The van der Waals surface area contributed by atoms with E-state index >= 15 is 0 Å². The van der Waals surface area contributed by atoms with Crippen LogP contribution in [0.5, 0.6) is 0 Å². The van der Waals surface area contributed by atoms with E-state index < -0.39 is 29.9 Å².